The number of nitrogens with zero attached hydrogens (tertiary/aromatic N) is 1. The molecule has 0 saturated carbocycles. The van der Waals surface area contributed by atoms with Crippen LogP contribution in [0.4, 0.5) is 8.78 Å². The van der Waals surface area contributed by atoms with Gasteiger partial charge in [0.2, 0.25) is 0 Å². The number of hydrogen-bond acceptors (Lipinski definition) is 1. The summed E-state index contributed by atoms with van der Waals surface area (Å²) in [4.78, 5) is 2.18. The van der Waals surface area contributed by atoms with Crippen molar-refractivity contribution in [2.45, 2.75) is 51.5 Å². The van der Waals surface area contributed by atoms with Gasteiger partial charge in [-0.2, -0.15) is 0 Å². The molecule has 1 aliphatic heterocycles. The smallest absolute Gasteiger partial charge is 0.129 e. The Labute approximate surface area is 149 Å². The molecule has 1 unspecified atom stereocenters. The van der Waals surface area contributed by atoms with E-state index in [0.29, 0.717) is 11.5 Å². The number of hydrogen-bond donors (Lipinski definition) is 0. The molecule has 0 N–H and O–H groups in total. The molecule has 134 valence electrons. The molecule has 25 heavy (non-hydrogen) atoms. The van der Waals surface area contributed by atoms with Crippen LogP contribution >= 0.6 is 0 Å². The summed E-state index contributed by atoms with van der Waals surface area (Å²) in [6, 6.07) is 11.5. The fourth-order valence-corrected chi connectivity index (χ4v) is 3.97. The maximum atomic E-state index is 14.6. The van der Waals surface area contributed by atoms with Gasteiger partial charge in [-0.15, -0.1) is 0 Å². The Kier molecular flexibility index (Phi) is 4.72. The highest BCUT2D eigenvalue weighted by atomic mass is 19.1. The van der Waals surface area contributed by atoms with Crippen molar-refractivity contribution in [3.8, 4) is 0 Å². The summed E-state index contributed by atoms with van der Waals surface area (Å²) in [7, 11) is 2.02. The third-order valence-electron chi connectivity index (χ3n) is 5.65. The van der Waals surface area contributed by atoms with Crippen LogP contribution in [0.3, 0.4) is 0 Å². The Bertz CT molecular complexity index is 741. The second-order valence-corrected chi connectivity index (χ2v) is 7.82. The number of benzene rings is 2. The van der Waals surface area contributed by atoms with Gasteiger partial charge in [0, 0.05) is 12.1 Å². The lowest BCUT2D eigenvalue weighted by Gasteiger charge is -2.52. The first-order valence-corrected chi connectivity index (χ1v) is 9.08. The molecule has 1 aliphatic rings. The molecule has 0 radical (unpaired) electrons. The highest BCUT2D eigenvalue weighted by Crippen LogP contribution is 2.46. The molecular formula is C22H27F2N. The average molecular weight is 343 g/mol. The van der Waals surface area contributed by atoms with Crippen molar-refractivity contribution in [3.63, 3.8) is 0 Å². The Morgan fingerprint density at radius 1 is 0.880 bits per heavy atom. The van der Waals surface area contributed by atoms with E-state index in [1.807, 2.05) is 20.9 Å². The van der Waals surface area contributed by atoms with Gasteiger partial charge in [0.1, 0.15) is 11.6 Å². The van der Waals surface area contributed by atoms with Gasteiger partial charge in [0.25, 0.3) is 0 Å². The van der Waals surface area contributed by atoms with Gasteiger partial charge in [-0.1, -0.05) is 52.0 Å². The maximum Gasteiger partial charge on any atom is 0.129 e. The van der Waals surface area contributed by atoms with Gasteiger partial charge in [-0.05, 0) is 54.1 Å². The molecule has 0 spiro atoms. The van der Waals surface area contributed by atoms with Crippen molar-refractivity contribution in [1.82, 2.24) is 4.90 Å². The van der Waals surface area contributed by atoms with E-state index in [-0.39, 0.29) is 11.5 Å². The van der Waals surface area contributed by atoms with Crippen molar-refractivity contribution >= 4 is 0 Å². The third-order valence-corrected chi connectivity index (χ3v) is 5.65. The summed E-state index contributed by atoms with van der Waals surface area (Å²) >= 11 is 0. The molecule has 0 aromatic heterocycles. The Morgan fingerprint density at radius 3 is 1.80 bits per heavy atom. The molecule has 3 heteroatoms. The Balaban J connectivity index is 2.10. The summed E-state index contributed by atoms with van der Waals surface area (Å²) in [6.45, 7) is 8.88. The van der Waals surface area contributed by atoms with Crippen LogP contribution in [0.1, 0.15) is 68.2 Å². The molecule has 2 aromatic rings. The molecule has 0 amide bonds. The zero-order valence-corrected chi connectivity index (χ0v) is 15.7. The first-order chi connectivity index (χ1) is 11.8. The second kappa shape index (κ2) is 6.53. The van der Waals surface area contributed by atoms with Crippen LogP contribution in [0.25, 0.3) is 0 Å². The lowest BCUT2D eigenvalue weighted by Crippen LogP contribution is -2.55. The molecule has 2 aromatic carbocycles. The van der Waals surface area contributed by atoms with Crippen molar-refractivity contribution in [1.29, 1.82) is 0 Å². The van der Waals surface area contributed by atoms with Crippen molar-refractivity contribution in [2.75, 3.05) is 13.6 Å². The minimum Gasteiger partial charge on any atom is -0.293 e. The van der Waals surface area contributed by atoms with Crippen LogP contribution in [0.15, 0.2) is 36.4 Å². The number of halogens is 2. The molecular weight excluding hydrogens is 316 g/mol. The van der Waals surface area contributed by atoms with Gasteiger partial charge in [0.15, 0.2) is 0 Å². The van der Waals surface area contributed by atoms with Gasteiger partial charge in [-0.3, -0.25) is 4.90 Å². The lowest BCUT2D eigenvalue weighted by molar-refractivity contribution is 0.0441. The van der Waals surface area contributed by atoms with E-state index in [0.717, 1.165) is 18.5 Å². The minimum atomic E-state index is -0.441. The fraction of sp³-hybridized carbons (Fsp3) is 0.455. The molecule has 0 bridgehead atoms. The summed E-state index contributed by atoms with van der Waals surface area (Å²) < 4.78 is 29.2. The first-order valence-electron chi connectivity index (χ1n) is 9.08. The van der Waals surface area contributed by atoms with E-state index in [1.54, 1.807) is 0 Å². The Morgan fingerprint density at radius 2 is 1.44 bits per heavy atom. The lowest BCUT2D eigenvalue weighted by atomic mass is 9.72. The molecule has 1 atom stereocenters. The van der Waals surface area contributed by atoms with Crippen molar-refractivity contribution in [3.05, 3.63) is 70.3 Å². The second-order valence-electron chi connectivity index (χ2n) is 7.82. The Hall–Kier alpha value is -1.74. The van der Waals surface area contributed by atoms with E-state index in [9.17, 15) is 8.78 Å². The third kappa shape index (κ3) is 2.89. The summed E-state index contributed by atoms with van der Waals surface area (Å²) in [5.41, 5.74) is 2.82. The first kappa shape index (κ1) is 18.1. The van der Waals surface area contributed by atoms with Crippen LogP contribution in [0.2, 0.25) is 0 Å². The number of likely N-dealkylation sites (tertiary alicyclic amines) is 1. The molecule has 1 heterocycles. The van der Waals surface area contributed by atoms with Crippen LogP contribution in [0, 0.1) is 11.6 Å². The van der Waals surface area contributed by atoms with Crippen molar-refractivity contribution < 1.29 is 8.78 Å². The highest BCUT2D eigenvalue weighted by molar-refractivity contribution is 5.44. The topological polar surface area (TPSA) is 3.24 Å². The quantitative estimate of drug-likeness (QED) is 0.679. The largest absolute Gasteiger partial charge is 0.293 e. The monoisotopic (exact) mass is 343 g/mol. The molecule has 1 saturated heterocycles. The van der Waals surface area contributed by atoms with Gasteiger partial charge >= 0.3 is 0 Å². The van der Waals surface area contributed by atoms with Crippen LogP contribution in [0.5, 0.6) is 0 Å². The van der Waals surface area contributed by atoms with E-state index >= 15 is 0 Å². The summed E-state index contributed by atoms with van der Waals surface area (Å²) in [5.74, 6) is -0.592. The van der Waals surface area contributed by atoms with Crippen molar-refractivity contribution in [2.24, 2.45) is 0 Å². The van der Waals surface area contributed by atoms with E-state index in [4.69, 9.17) is 0 Å². The number of rotatable bonds is 4. The highest BCUT2D eigenvalue weighted by Gasteiger charge is 2.46. The predicted octanol–water partition coefficient (Wildman–Crippen LogP) is 5.79. The minimum absolute atomic E-state index is 0.172. The standard InChI is InChI=1S/C22H27F2N/c1-14(2)16-6-8-17(9-7-16)22(10-11-25(22)5)18-12-19(23)21(15(3)4)20(24)13-18/h6-9,12-15H,10-11H2,1-5H3. The summed E-state index contributed by atoms with van der Waals surface area (Å²) in [5, 5.41) is 0. The van der Waals surface area contributed by atoms with Gasteiger partial charge < -0.3 is 0 Å². The zero-order valence-electron chi connectivity index (χ0n) is 15.7. The predicted molar refractivity (Wildman–Crippen MR) is 99.0 cm³/mol. The molecule has 1 nitrogen and oxygen atoms in total. The van der Waals surface area contributed by atoms with Crippen LogP contribution < -0.4 is 0 Å². The SMILES string of the molecule is CC(C)c1ccc(C2(c3cc(F)c(C(C)C)c(F)c3)CCN2C)cc1. The zero-order chi connectivity index (χ0) is 18.4. The normalized spacial score (nSPS) is 21.0. The van der Waals surface area contributed by atoms with Gasteiger partial charge in [0.05, 0.1) is 5.54 Å². The summed E-state index contributed by atoms with van der Waals surface area (Å²) in [6.07, 6.45) is 0.866. The molecule has 0 aliphatic carbocycles. The van der Waals surface area contributed by atoms with E-state index in [1.165, 1.54) is 17.7 Å². The van der Waals surface area contributed by atoms with Crippen LogP contribution in [-0.4, -0.2) is 18.5 Å². The van der Waals surface area contributed by atoms with Crippen LogP contribution in [-0.2, 0) is 5.54 Å². The van der Waals surface area contributed by atoms with E-state index in [2.05, 4.69) is 43.0 Å². The fourth-order valence-electron chi connectivity index (χ4n) is 3.97. The van der Waals surface area contributed by atoms with Gasteiger partial charge in [-0.25, -0.2) is 8.78 Å². The maximum absolute atomic E-state index is 14.6. The average Bonchev–Trinajstić information content (AvgIpc) is 2.53. The molecule has 1 fully saturated rings. The van der Waals surface area contributed by atoms with E-state index < -0.39 is 17.2 Å². The molecule has 3 rings (SSSR count).